The zero-order chi connectivity index (χ0) is 9.35. The summed E-state index contributed by atoms with van der Waals surface area (Å²) in [7, 11) is 0. The number of hydrogen-bond acceptors (Lipinski definition) is 1. The molecule has 1 aliphatic rings. The fourth-order valence-electron chi connectivity index (χ4n) is 1.63. The van der Waals surface area contributed by atoms with Crippen LogP contribution in [0.5, 0.6) is 0 Å². The first-order chi connectivity index (χ1) is 5.38. The Hall–Kier alpha value is -0.250. The molecule has 0 aromatic rings. The maximum Gasteiger partial charge on any atom is 0.401 e. The van der Waals surface area contributed by atoms with Crippen LogP contribution in [-0.4, -0.2) is 30.7 Å². The van der Waals surface area contributed by atoms with Crippen molar-refractivity contribution in [3.05, 3.63) is 0 Å². The first-order valence-corrected chi connectivity index (χ1v) is 4.17. The van der Waals surface area contributed by atoms with Gasteiger partial charge in [-0.1, -0.05) is 13.8 Å². The third-order valence-corrected chi connectivity index (χ3v) is 2.47. The summed E-state index contributed by atoms with van der Waals surface area (Å²) in [5.41, 5.74) is 0. The van der Waals surface area contributed by atoms with Gasteiger partial charge in [0.2, 0.25) is 0 Å². The summed E-state index contributed by atoms with van der Waals surface area (Å²) in [4.78, 5) is 1.48. The quantitative estimate of drug-likeness (QED) is 0.599. The molecule has 0 bridgehead atoms. The monoisotopic (exact) mass is 181 g/mol. The summed E-state index contributed by atoms with van der Waals surface area (Å²) in [6.07, 6.45) is -4.04. The summed E-state index contributed by atoms with van der Waals surface area (Å²) >= 11 is 0. The molecule has 1 nitrogen and oxygen atoms in total. The molecule has 2 unspecified atom stereocenters. The number of rotatable bonds is 1. The lowest BCUT2D eigenvalue weighted by molar-refractivity contribution is -0.143. The van der Waals surface area contributed by atoms with Crippen molar-refractivity contribution < 1.29 is 13.2 Å². The highest BCUT2D eigenvalue weighted by atomic mass is 19.4. The van der Waals surface area contributed by atoms with E-state index < -0.39 is 12.7 Å². The molecule has 72 valence electrons. The van der Waals surface area contributed by atoms with E-state index in [2.05, 4.69) is 0 Å². The third-order valence-electron chi connectivity index (χ3n) is 2.47. The minimum absolute atomic E-state index is 0.396. The van der Waals surface area contributed by atoms with Crippen molar-refractivity contribution >= 4 is 0 Å². The second-order valence-corrected chi connectivity index (χ2v) is 3.76. The molecule has 1 aliphatic heterocycles. The van der Waals surface area contributed by atoms with Gasteiger partial charge < -0.3 is 0 Å². The summed E-state index contributed by atoms with van der Waals surface area (Å²) in [5, 5.41) is 0. The maximum atomic E-state index is 11.9. The van der Waals surface area contributed by atoms with Gasteiger partial charge in [0.25, 0.3) is 0 Å². The summed E-state index contributed by atoms with van der Waals surface area (Å²) in [6, 6.07) is 0. The van der Waals surface area contributed by atoms with Crippen LogP contribution in [0.3, 0.4) is 0 Å². The average molecular weight is 181 g/mol. The fourth-order valence-corrected chi connectivity index (χ4v) is 1.63. The lowest BCUT2D eigenvalue weighted by Crippen LogP contribution is -2.32. The molecule has 4 heteroatoms. The zero-order valence-corrected chi connectivity index (χ0v) is 7.36. The van der Waals surface area contributed by atoms with Crippen molar-refractivity contribution in [2.45, 2.75) is 20.0 Å². The number of hydrogen-bond donors (Lipinski definition) is 0. The molecule has 0 amide bonds. The normalized spacial score (nSPS) is 32.8. The van der Waals surface area contributed by atoms with Crippen LogP contribution < -0.4 is 0 Å². The molecule has 2 atom stereocenters. The van der Waals surface area contributed by atoms with Gasteiger partial charge in [0.05, 0.1) is 6.54 Å². The number of halogens is 3. The standard InChI is InChI=1S/C8H14F3N/c1-6-3-12(4-7(6)2)5-8(9,10)11/h6-7H,3-5H2,1-2H3. The summed E-state index contributed by atoms with van der Waals surface area (Å²) in [6.45, 7) is 4.42. The van der Waals surface area contributed by atoms with Crippen LogP contribution in [0.2, 0.25) is 0 Å². The van der Waals surface area contributed by atoms with E-state index in [1.54, 1.807) is 0 Å². The van der Waals surface area contributed by atoms with Crippen LogP contribution in [0.1, 0.15) is 13.8 Å². The number of nitrogens with zero attached hydrogens (tertiary/aromatic N) is 1. The van der Waals surface area contributed by atoms with Gasteiger partial charge in [0.15, 0.2) is 0 Å². The molecule has 0 saturated carbocycles. The Morgan fingerprint density at radius 3 is 1.92 bits per heavy atom. The molecule has 1 rings (SSSR count). The van der Waals surface area contributed by atoms with Crippen LogP contribution in [0, 0.1) is 11.8 Å². The molecule has 0 aliphatic carbocycles. The Labute approximate surface area is 70.5 Å². The molecule has 1 saturated heterocycles. The maximum absolute atomic E-state index is 11.9. The van der Waals surface area contributed by atoms with Gasteiger partial charge in [-0.3, -0.25) is 4.90 Å². The minimum Gasteiger partial charge on any atom is -0.294 e. The predicted octanol–water partition coefficient (Wildman–Crippen LogP) is 2.14. The first kappa shape index (κ1) is 9.84. The Balaban J connectivity index is 2.38. The van der Waals surface area contributed by atoms with Crippen LogP contribution in [0.25, 0.3) is 0 Å². The predicted molar refractivity (Wildman–Crippen MR) is 40.8 cm³/mol. The van der Waals surface area contributed by atoms with E-state index in [0.717, 1.165) is 0 Å². The number of likely N-dealkylation sites (tertiary alicyclic amines) is 1. The van der Waals surface area contributed by atoms with E-state index in [1.165, 1.54) is 4.90 Å². The van der Waals surface area contributed by atoms with Crippen molar-refractivity contribution in [1.29, 1.82) is 0 Å². The van der Waals surface area contributed by atoms with E-state index in [1.807, 2.05) is 13.8 Å². The Morgan fingerprint density at radius 2 is 1.58 bits per heavy atom. The Kier molecular flexibility index (Phi) is 2.66. The van der Waals surface area contributed by atoms with E-state index in [0.29, 0.717) is 24.9 Å². The lowest BCUT2D eigenvalue weighted by atomic mass is 10.0. The van der Waals surface area contributed by atoms with E-state index in [9.17, 15) is 13.2 Å². The molecule has 1 heterocycles. The number of alkyl halides is 3. The molecule has 1 fully saturated rings. The highest BCUT2D eigenvalue weighted by Gasteiger charge is 2.35. The van der Waals surface area contributed by atoms with Gasteiger partial charge in [-0.15, -0.1) is 0 Å². The molecular formula is C8H14F3N. The molecule has 0 N–H and O–H groups in total. The highest BCUT2D eigenvalue weighted by molar-refractivity contribution is 4.79. The van der Waals surface area contributed by atoms with E-state index in [-0.39, 0.29) is 0 Å². The molecular weight excluding hydrogens is 167 g/mol. The summed E-state index contributed by atoms with van der Waals surface area (Å²) in [5.74, 6) is 0.791. The van der Waals surface area contributed by atoms with Gasteiger partial charge in [-0.25, -0.2) is 0 Å². The van der Waals surface area contributed by atoms with Crippen molar-refractivity contribution in [3.63, 3.8) is 0 Å². The van der Waals surface area contributed by atoms with Gasteiger partial charge >= 0.3 is 6.18 Å². The minimum atomic E-state index is -4.04. The molecule has 0 spiro atoms. The largest absolute Gasteiger partial charge is 0.401 e. The summed E-state index contributed by atoms with van der Waals surface area (Å²) < 4.78 is 35.8. The van der Waals surface area contributed by atoms with Crippen LogP contribution in [0.4, 0.5) is 13.2 Å². The average Bonchev–Trinajstić information content (AvgIpc) is 2.07. The van der Waals surface area contributed by atoms with Gasteiger partial charge in [0.1, 0.15) is 0 Å². The van der Waals surface area contributed by atoms with Crippen molar-refractivity contribution in [2.24, 2.45) is 11.8 Å². The Bertz CT molecular complexity index is 145. The molecule has 12 heavy (non-hydrogen) atoms. The second kappa shape index (κ2) is 3.24. The van der Waals surface area contributed by atoms with Crippen molar-refractivity contribution in [1.82, 2.24) is 4.90 Å². The van der Waals surface area contributed by atoms with Gasteiger partial charge in [0, 0.05) is 13.1 Å². The van der Waals surface area contributed by atoms with Crippen LogP contribution in [-0.2, 0) is 0 Å². The van der Waals surface area contributed by atoms with E-state index >= 15 is 0 Å². The third kappa shape index (κ3) is 2.66. The lowest BCUT2D eigenvalue weighted by Gasteiger charge is -2.17. The second-order valence-electron chi connectivity index (χ2n) is 3.76. The van der Waals surface area contributed by atoms with Gasteiger partial charge in [-0.2, -0.15) is 13.2 Å². The SMILES string of the molecule is CC1CN(CC(F)(F)F)CC1C. The molecule has 0 aromatic carbocycles. The molecule has 0 aromatic heterocycles. The van der Waals surface area contributed by atoms with E-state index in [4.69, 9.17) is 0 Å². The van der Waals surface area contributed by atoms with Crippen LogP contribution >= 0.6 is 0 Å². The topological polar surface area (TPSA) is 3.24 Å². The Morgan fingerprint density at radius 1 is 1.17 bits per heavy atom. The van der Waals surface area contributed by atoms with Crippen molar-refractivity contribution in [3.8, 4) is 0 Å². The van der Waals surface area contributed by atoms with Crippen molar-refractivity contribution in [2.75, 3.05) is 19.6 Å². The smallest absolute Gasteiger partial charge is 0.294 e. The first-order valence-electron chi connectivity index (χ1n) is 4.17. The van der Waals surface area contributed by atoms with Gasteiger partial charge in [-0.05, 0) is 11.8 Å². The highest BCUT2D eigenvalue weighted by Crippen LogP contribution is 2.25. The molecule has 0 radical (unpaired) electrons. The fraction of sp³-hybridized carbons (Fsp3) is 1.00. The zero-order valence-electron chi connectivity index (χ0n) is 7.36. The van der Waals surface area contributed by atoms with Crippen LogP contribution in [0.15, 0.2) is 0 Å².